The fraction of sp³-hybridized carbons (Fsp3) is 0.400. The number of ether oxygens (including phenoxy) is 1. The second-order valence-corrected chi connectivity index (χ2v) is 5.55. The lowest BCUT2D eigenvalue weighted by molar-refractivity contribution is 0.221. The van der Waals surface area contributed by atoms with E-state index in [0.29, 0.717) is 5.92 Å². The first kappa shape index (κ1) is 16.6. The third-order valence-electron chi connectivity index (χ3n) is 4.24. The highest BCUT2D eigenvalue weighted by Crippen LogP contribution is 2.31. The van der Waals surface area contributed by atoms with Crippen molar-refractivity contribution in [3.05, 3.63) is 65.7 Å². The molecular weight excluding hydrogens is 270 g/mol. The Kier molecular flexibility index (Phi) is 6.47. The molecule has 0 amide bonds. The average molecular weight is 297 g/mol. The number of likely N-dealkylation sites (N-methyl/N-ethyl adjacent to an activating group) is 1. The van der Waals surface area contributed by atoms with E-state index in [1.165, 1.54) is 11.1 Å². The second kappa shape index (κ2) is 8.60. The lowest BCUT2D eigenvalue weighted by Crippen LogP contribution is -2.28. The van der Waals surface area contributed by atoms with Crippen LogP contribution in [-0.4, -0.2) is 31.1 Å². The minimum absolute atomic E-state index is 0.339. The van der Waals surface area contributed by atoms with Gasteiger partial charge in [0.25, 0.3) is 0 Å². The van der Waals surface area contributed by atoms with Crippen molar-refractivity contribution in [3.63, 3.8) is 0 Å². The predicted molar refractivity (Wildman–Crippen MR) is 93.7 cm³/mol. The lowest BCUT2D eigenvalue weighted by atomic mass is 9.92. The van der Waals surface area contributed by atoms with Crippen molar-refractivity contribution in [2.45, 2.75) is 26.7 Å². The van der Waals surface area contributed by atoms with Crippen molar-refractivity contribution in [3.8, 4) is 5.75 Å². The van der Waals surface area contributed by atoms with Gasteiger partial charge < -0.3 is 9.64 Å². The molecule has 0 aliphatic heterocycles. The van der Waals surface area contributed by atoms with Gasteiger partial charge in [-0.1, -0.05) is 69.3 Å². The van der Waals surface area contributed by atoms with Crippen LogP contribution in [0.15, 0.2) is 54.6 Å². The fourth-order valence-corrected chi connectivity index (χ4v) is 2.72. The lowest BCUT2D eigenvalue weighted by Gasteiger charge is -2.20. The van der Waals surface area contributed by atoms with Gasteiger partial charge in [-0.05, 0) is 24.7 Å². The molecule has 2 heteroatoms. The molecule has 0 bridgehead atoms. The topological polar surface area (TPSA) is 12.5 Å². The smallest absolute Gasteiger partial charge is 0.123 e. The van der Waals surface area contributed by atoms with Crippen LogP contribution in [0.3, 0.4) is 0 Å². The second-order valence-electron chi connectivity index (χ2n) is 5.55. The van der Waals surface area contributed by atoms with Crippen LogP contribution in [0.2, 0.25) is 0 Å². The zero-order chi connectivity index (χ0) is 15.8. The molecule has 0 spiro atoms. The summed E-state index contributed by atoms with van der Waals surface area (Å²) < 4.78 is 6.07. The monoisotopic (exact) mass is 297 g/mol. The fourth-order valence-electron chi connectivity index (χ4n) is 2.72. The van der Waals surface area contributed by atoms with Gasteiger partial charge in [0.2, 0.25) is 0 Å². The van der Waals surface area contributed by atoms with E-state index in [1.807, 2.05) is 6.07 Å². The Morgan fingerprint density at radius 1 is 0.909 bits per heavy atom. The summed E-state index contributed by atoms with van der Waals surface area (Å²) in [7, 11) is 0. The third-order valence-corrected chi connectivity index (χ3v) is 4.24. The molecule has 0 radical (unpaired) electrons. The Labute approximate surface area is 134 Å². The van der Waals surface area contributed by atoms with Gasteiger partial charge in [-0.3, -0.25) is 0 Å². The van der Waals surface area contributed by atoms with E-state index in [2.05, 4.69) is 74.2 Å². The molecule has 0 unspecified atom stereocenters. The zero-order valence-corrected chi connectivity index (χ0v) is 14.0. The summed E-state index contributed by atoms with van der Waals surface area (Å²) >= 11 is 0. The summed E-state index contributed by atoms with van der Waals surface area (Å²) in [5.74, 6) is 1.34. The quantitative estimate of drug-likeness (QED) is 0.708. The first-order valence-electron chi connectivity index (χ1n) is 8.25. The summed E-state index contributed by atoms with van der Waals surface area (Å²) in [4.78, 5) is 2.38. The van der Waals surface area contributed by atoms with Gasteiger partial charge in [-0.2, -0.15) is 0 Å². The number of hydrogen-bond donors (Lipinski definition) is 0. The SMILES string of the molecule is CCN(CC)CCOc1ccccc1[C@H](C)c1ccccc1. The molecule has 0 heterocycles. The van der Waals surface area contributed by atoms with Crippen LogP contribution in [0, 0.1) is 0 Å². The van der Waals surface area contributed by atoms with Crippen molar-refractivity contribution in [1.82, 2.24) is 4.90 Å². The number of hydrogen-bond acceptors (Lipinski definition) is 2. The molecular formula is C20H27NO. The maximum absolute atomic E-state index is 6.07. The van der Waals surface area contributed by atoms with Gasteiger partial charge in [-0.15, -0.1) is 0 Å². The zero-order valence-electron chi connectivity index (χ0n) is 14.0. The Morgan fingerprint density at radius 2 is 1.55 bits per heavy atom. The van der Waals surface area contributed by atoms with E-state index in [4.69, 9.17) is 4.74 Å². The van der Waals surface area contributed by atoms with Gasteiger partial charge in [0.15, 0.2) is 0 Å². The molecule has 0 aliphatic rings. The van der Waals surface area contributed by atoms with E-state index in [-0.39, 0.29) is 0 Å². The average Bonchev–Trinajstić information content (AvgIpc) is 2.59. The van der Waals surface area contributed by atoms with E-state index in [1.54, 1.807) is 0 Å². The van der Waals surface area contributed by atoms with Crippen molar-refractivity contribution < 1.29 is 4.74 Å². The highest BCUT2D eigenvalue weighted by atomic mass is 16.5. The minimum Gasteiger partial charge on any atom is -0.492 e. The van der Waals surface area contributed by atoms with E-state index in [0.717, 1.165) is 32.0 Å². The maximum Gasteiger partial charge on any atom is 0.123 e. The van der Waals surface area contributed by atoms with E-state index in [9.17, 15) is 0 Å². The molecule has 0 aliphatic carbocycles. The highest BCUT2D eigenvalue weighted by molar-refractivity contribution is 5.41. The van der Waals surface area contributed by atoms with Crippen molar-refractivity contribution in [2.24, 2.45) is 0 Å². The van der Waals surface area contributed by atoms with Crippen LogP contribution >= 0.6 is 0 Å². The Hall–Kier alpha value is -1.80. The van der Waals surface area contributed by atoms with Gasteiger partial charge in [0.05, 0.1) is 0 Å². The molecule has 2 aromatic rings. The van der Waals surface area contributed by atoms with E-state index >= 15 is 0 Å². The van der Waals surface area contributed by atoms with Gasteiger partial charge in [0, 0.05) is 18.0 Å². The number of rotatable bonds is 8. The van der Waals surface area contributed by atoms with Gasteiger partial charge in [0.1, 0.15) is 12.4 Å². The Morgan fingerprint density at radius 3 is 2.23 bits per heavy atom. The first-order chi connectivity index (χ1) is 10.8. The Balaban J connectivity index is 2.07. The van der Waals surface area contributed by atoms with Crippen LogP contribution in [0.4, 0.5) is 0 Å². The normalized spacial score (nSPS) is 12.4. The molecule has 0 aromatic heterocycles. The maximum atomic E-state index is 6.07. The molecule has 0 saturated heterocycles. The largest absolute Gasteiger partial charge is 0.492 e. The number of nitrogens with zero attached hydrogens (tertiary/aromatic N) is 1. The standard InChI is InChI=1S/C20H27NO/c1-4-21(5-2)15-16-22-20-14-10-9-13-19(20)17(3)18-11-7-6-8-12-18/h6-14,17H,4-5,15-16H2,1-3H3/t17-/m1/s1. The highest BCUT2D eigenvalue weighted by Gasteiger charge is 2.13. The van der Waals surface area contributed by atoms with Crippen LogP contribution < -0.4 is 4.74 Å². The minimum atomic E-state index is 0.339. The predicted octanol–water partition coefficient (Wildman–Crippen LogP) is 4.56. The summed E-state index contributed by atoms with van der Waals surface area (Å²) in [6, 6.07) is 19.0. The summed E-state index contributed by atoms with van der Waals surface area (Å²) in [6.07, 6.45) is 0. The van der Waals surface area contributed by atoms with Crippen LogP contribution in [0.1, 0.15) is 37.8 Å². The van der Waals surface area contributed by atoms with Gasteiger partial charge in [-0.25, -0.2) is 0 Å². The van der Waals surface area contributed by atoms with Crippen molar-refractivity contribution >= 4 is 0 Å². The van der Waals surface area contributed by atoms with Crippen LogP contribution in [0.25, 0.3) is 0 Å². The molecule has 1 atom stereocenters. The van der Waals surface area contributed by atoms with Gasteiger partial charge >= 0.3 is 0 Å². The molecule has 2 rings (SSSR count). The van der Waals surface area contributed by atoms with E-state index < -0.39 is 0 Å². The van der Waals surface area contributed by atoms with Crippen molar-refractivity contribution in [1.29, 1.82) is 0 Å². The van der Waals surface area contributed by atoms with Crippen molar-refractivity contribution in [2.75, 3.05) is 26.2 Å². The third kappa shape index (κ3) is 4.35. The molecule has 0 N–H and O–H groups in total. The first-order valence-corrected chi connectivity index (χ1v) is 8.25. The molecule has 22 heavy (non-hydrogen) atoms. The molecule has 0 fully saturated rings. The molecule has 0 saturated carbocycles. The molecule has 2 aromatic carbocycles. The molecule has 2 nitrogen and oxygen atoms in total. The summed E-state index contributed by atoms with van der Waals surface area (Å²) in [6.45, 7) is 10.5. The van der Waals surface area contributed by atoms with Crippen LogP contribution in [-0.2, 0) is 0 Å². The summed E-state index contributed by atoms with van der Waals surface area (Å²) in [5, 5.41) is 0. The number of benzene rings is 2. The van der Waals surface area contributed by atoms with Crippen LogP contribution in [0.5, 0.6) is 5.75 Å². The Bertz CT molecular complexity index is 549. The number of para-hydroxylation sites is 1. The summed E-state index contributed by atoms with van der Waals surface area (Å²) in [5.41, 5.74) is 2.58. The molecule has 118 valence electrons.